The third-order valence-corrected chi connectivity index (χ3v) is 3.56. The Kier molecular flexibility index (Phi) is 5.02. The molecule has 2 nitrogen and oxygen atoms in total. The van der Waals surface area contributed by atoms with Crippen molar-refractivity contribution in [2.45, 2.75) is 38.8 Å². The van der Waals surface area contributed by atoms with Crippen molar-refractivity contribution in [3.05, 3.63) is 35.4 Å². The smallest absolute Gasteiger partial charge is 0.0240 e. The van der Waals surface area contributed by atoms with Crippen molar-refractivity contribution >= 4 is 0 Å². The number of rotatable bonds is 7. The van der Waals surface area contributed by atoms with Gasteiger partial charge < -0.3 is 5.32 Å². The molecule has 0 radical (unpaired) electrons. The molecule has 94 valence electrons. The van der Waals surface area contributed by atoms with Crippen molar-refractivity contribution in [3.63, 3.8) is 0 Å². The summed E-state index contributed by atoms with van der Waals surface area (Å²) in [4.78, 5) is 2.57. The molecular formula is C15H24N2. The first-order valence-corrected chi connectivity index (χ1v) is 6.84. The number of nitrogens with zero attached hydrogens (tertiary/aromatic N) is 1. The van der Waals surface area contributed by atoms with E-state index in [1.54, 1.807) is 0 Å². The highest BCUT2D eigenvalue weighted by atomic mass is 15.1. The molecule has 1 N–H and O–H groups in total. The zero-order valence-corrected chi connectivity index (χ0v) is 10.9. The van der Waals surface area contributed by atoms with E-state index < -0.39 is 0 Å². The van der Waals surface area contributed by atoms with E-state index in [0.717, 1.165) is 19.6 Å². The minimum Gasteiger partial charge on any atom is -0.320 e. The Balaban J connectivity index is 1.60. The fraction of sp³-hybridized carbons (Fsp3) is 0.600. The molecule has 0 bridgehead atoms. The summed E-state index contributed by atoms with van der Waals surface area (Å²) < 4.78 is 0. The summed E-state index contributed by atoms with van der Waals surface area (Å²) in [6, 6.07) is 8.84. The van der Waals surface area contributed by atoms with Crippen LogP contribution in [-0.4, -0.2) is 25.0 Å². The number of hydrogen-bond acceptors (Lipinski definition) is 2. The predicted octanol–water partition coefficient (Wildman–Crippen LogP) is 2.78. The lowest BCUT2D eigenvalue weighted by Crippen LogP contribution is -2.17. The van der Waals surface area contributed by atoms with E-state index in [1.165, 1.54) is 43.4 Å². The lowest BCUT2D eigenvalue weighted by Gasteiger charge is -2.14. The summed E-state index contributed by atoms with van der Waals surface area (Å²) in [6.07, 6.45) is 5.39. The second-order valence-corrected chi connectivity index (χ2v) is 5.00. The van der Waals surface area contributed by atoms with Crippen LogP contribution in [0.2, 0.25) is 0 Å². The van der Waals surface area contributed by atoms with Crippen LogP contribution in [0.5, 0.6) is 0 Å². The molecule has 0 saturated heterocycles. The van der Waals surface area contributed by atoms with Crippen molar-refractivity contribution < 1.29 is 0 Å². The fourth-order valence-electron chi connectivity index (χ4n) is 2.55. The first-order chi connectivity index (χ1) is 8.40. The van der Waals surface area contributed by atoms with Crippen LogP contribution in [0.25, 0.3) is 0 Å². The molecule has 2 heteroatoms. The summed E-state index contributed by atoms with van der Waals surface area (Å²) in [5.74, 6) is 0. The van der Waals surface area contributed by atoms with Gasteiger partial charge in [0, 0.05) is 13.1 Å². The highest BCUT2D eigenvalue weighted by Crippen LogP contribution is 2.22. The van der Waals surface area contributed by atoms with Crippen molar-refractivity contribution in [2.75, 3.05) is 20.1 Å². The van der Waals surface area contributed by atoms with Crippen LogP contribution >= 0.6 is 0 Å². The Hall–Kier alpha value is -0.860. The molecule has 0 amide bonds. The molecule has 1 heterocycles. The second-order valence-electron chi connectivity index (χ2n) is 5.00. The number of nitrogens with one attached hydrogen (secondary N) is 1. The molecule has 1 aliphatic heterocycles. The zero-order chi connectivity index (χ0) is 11.9. The van der Waals surface area contributed by atoms with Crippen LogP contribution in [0.1, 0.15) is 36.8 Å². The van der Waals surface area contributed by atoms with Crippen molar-refractivity contribution in [2.24, 2.45) is 0 Å². The molecule has 0 fully saturated rings. The van der Waals surface area contributed by atoms with E-state index in [9.17, 15) is 0 Å². The van der Waals surface area contributed by atoms with Gasteiger partial charge in [-0.3, -0.25) is 4.90 Å². The number of fused-ring (bicyclic) bond motifs is 1. The molecule has 0 spiro atoms. The topological polar surface area (TPSA) is 15.3 Å². The molecule has 1 aromatic rings. The monoisotopic (exact) mass is 232 g/mol. The van der Waals surface area contributed by atoms with Crippen LogP contribution < -0.4 is 5.32 Å². The molecule has 1 aromatic carbocycles. The highest BCUT2D eigenvalue weighted by molar-refractivity contribution is 5.30. The van der Waals surface area contributed by atoms with Gasteiger partial charge >= 0.3 is 0 Å². The summed E-state index contributed by atoms with van der Waals surface area (Å²) in [5.41, 5.74) is 3.06. The van der Waals surface area contributed by atoms with Gasteiger partial charge in [0.15, 0.2) is 0 Å². The average Bonchev–Trinajstić information content (AvgIpc) is 2.76. The SMILES string of the molecule is CNCCCCCCN1Cc2ccccc2C1. The van der Waals surface area contributed by atoms with Crippen LogP contribution in [0.15, 0.2) is 24.3 Å². The number of benzene rings is 1. The fourth-order valence-corrected chi connectivity index (χ4v) is 2.55. The van der Waals surface area contributed by atoms with Crippen LogP contribution in [0, 0.1) is 0 Å². The summed E-state index contributed by atoms with van der Waals surface area (Å²) in [7, 11) is 2.03. The van der Waals surface area contributed by atoms with E-state index in [0.29, 0.717) is 0 Å². The molecule has 1 aliphatic rings. The lowest BCUT2D eigenvalue weighted by atomic mass is 10.1. The standard InChI is InChI=1S/C15H24N2/c1-16-10-6-2-3-7-11-17-12-14-8-4-5-9-15(14)13-17/h4-5,8-9,16H,2-3,6-7,10-13H2,1H3. The van der Waals surface area contributed by atoms with Gasteiger partial charge in [-0.05, 0) is 44.1 Å². The van der Waals surface area contributed by atoms with Gasteiger partial charge in [-0.1, -0.05) is 37.1 Å². The summed E-state index contributed by atoms with van der Waals surface area (Å²) in [6.45, 7) is 4.74. The van der Waals surface area contributed by atoms with Gasteiger partial charge in [-0.15, -0.1) is 0 Å². The molecule has 0 unspecified atom stereocenters. The summed E-state index contributed by atoms with van der Waals surface area (Å²) in [5, 5.41) is 3.20. The van der Waals surface area contributed by atoms with Gasteiger partial charge in [0.25, 0.3) is 0 Å². The maximum absolute atomic E-state index is 3.20. The van der Waals surface area contributed by atoms with E-state index in [1.807, 2.05) is 7.05 Å². The van der Waals surface area contributed by atoms with Crippen LogP contribution in [0.4, 0.5) is 0 Å². The van der Waals surface area contributed by atoms with Crippen LogP contribution in [0.3, 0.4) is 0 Å². The lowest BCUT2D eigenvalue weighted by molar-refractivity contribution is 0.276. The average molecular weight is 232 g/mol. The maximum atomic E-state index is 3.20. The summed E-state index contributed by atoms with van der Waals surface area (Å²) >= 11 is 0. The van der Waals surface area contributed by atoms with Crippen molar-refractivity contribution in [1.82, 2.24) is 10.2 Å². The Morgan fingerprint density at radius 3 is 2.29 bits per heavy atom. The largest absolute Gasteiger partial charge is 0.320 e. The van der Waals surface area contributed by atoms with Gasteiger partial charge in [-0.2, -0.15) is 0 Å². The van der Waals surface area contributed by atoms with E-state index in [-0.39, 0.29) is 0 Å². The van der Waals surface area contributed by atoms with Crippen molar-refractivity contribution in [1.29, 1.82) is 0 Å². The molecule has 2 rings (SSSR count). The third kappa shape index (κ3) is 3.83. The normalized spacial score (nSPS) is 15.1. The van der Waals surface area contributed by atoms with Gasteiger partial charge in [0.2, 0.25) is 0 Å². The Bertz CT molecular complexity index is 310. The van der Waals surface area contributed by atoms with Crippen molar-refractivity contribution in [3.8, 4) is 0 Å². The van der Waals surface area contributed by atoms with Gasteiger partial charge in [-0.25, -0.2) is 0 Å². The van der Waals surface area contributed by atoms with Crippen LogP contribution in [-0.2, 0) is 13.1 Å². The van der Waals surface area contributed by atoms with Gasteiger partial charge in [0.1, 0.15) is 0 Å². The van der Waals surface area contributed by atoms with E-state index in [4.69, 9.17) is 0 Å². The molecule has 0 saturated carbocycles. The van der Waals surface area contributed by atoms with E-state index in [2.05, 4.69) is 34.5 Å². The predicted molar refractivity (Wildman–Crippen MR) is 73.0 cm³/mol. The molecule has 0 atom stereocenters. The molecule has 17 heavy (non-hydrogen) atoms. The Labute approximate surface area is 105 Å². The first-order valence-electron chi connectivity index (χ1n) is 6.84. The minimum absolute atomic E-state index is 1.16. The first kappa shape index (κ1) is 12.6. The van der Waals surface area contributed by atoms with E-state index >= 15 is 0 Å². The quantitative estimate of drug-likeness (QED) is 0.727. The maximum Gasteiger partial charge on any atom is 0.0240 e. The Morgan fingerprint density at radius 1 is 1.00 bits per heavy atom. The highest BCUT2D eigenvalue weighted by Gasteiger charge is 2.16. The molecular weight excluding hydrogens is 208 g/mol. The minimum atomic E-state index is 1.16. The molecule has 0 aliphatic carbocycles. The number of unbranched alkanes of at least 4 members (excludes halogenated alkanes) is 3. The second kappa shape index (κ2) is 6.77. The number of hydrogen-bond donors (Lipinski definition) is 1. The van der Waals surface area contributed by atoms with Gasteiger partial charge in [0.05, 0.1) is 0 Å². The molecule has 0 aromatic heterocycles. The Morgan fingerprint density at radius 2 is 1.65 bits per heavy atom. The third-order valence-electron chi connectivity index (χ3n) is 3.56. The zero-order valence-electron chi connectivity index (χ0n) is 10.9.